The molecule has 0 spiro atoms. The maximum absolute atomic E-state index is 12.4. The van der Waals surface area contributed by atoms with Gasteiger partial charge in [-0.3, -0.25) is 0 Å². The molecule has 0 saturated heterocycles. The van der Waals surface area contributed by atoms with E-state index >= 15 is 0 Å². The van der Waals surface area contributed by atoms with Crippen molar-refractivity contribution in [3.8, 4) is 0 Å². The minimum absolute atomic E-state index is 0.209. The van der Waals surface area contributed by atoms with Gasteiger partial charge in [-0.15, -0.1) is 0 Å². The highest BCUT2D eigenvalue weighted by atomic mass is 16.7. The standard InChI is InChI=1S/C35H56O7/c1-9-10-11-23(18-30(36)21(2)3)22(4)27-14-15-28-26-13-12-24-19-25(41-32(37)39-7)20-31(42-33(38)40-8)35(24,6)29(26)16-17-34(27,28)5/h12-13,21-23,25,27-31,36H,9-11,14-20H2,1-8H3/t22-,23-,25-,27-,28+,29+,30+,31+,34-,35+/m1/s1. The van der Waals surface area contributed by atoms with Crippen LogP contribution in [0.2, 0.25) is 0 Å². The molecule has 3 saturated carbocycles. The number of ether oxygens (including phenoxy) is 4. The van der Waals surface area contributed by atoms with Crippen LogP contribution in [0.3, 0.4) is 0 Å². The first-order chi connectivity index (χ1) is 19.9. The minimum Gasteiger partial charge on any atom is -0.438 e. The van der Waals surface area contributed by atoms with Gasteiger partial charge in [0.15, 0.2) is 0 Å². The zero-order valence-corrected chi connectivity index (χ0v) is 27.3. The number of methoxy groups -OCH3 is 2. The average molecular weight is 589 g/mol. The topological polar surface area (TPSA) is 91.3 Å². The van der Waals surface area contributed by atoms with Gasteiger partial charge < -0.3 is 24.1 Å². The monoisotopic (exact) mass is 588 g/mol. The highest BCUT2D eigenvalue weighted by Crippen LogP contribution is 2.67. The second-order valence-corrected chi connectivity index (χ2v) is 14.5. The lowest BCUT2D eigenvalue weighted by molar-refractivity contribution is -0.0837. The number of hydrogen-bond acceptors (Lipinski definition) is 7. The Balaban J connectivity index is 1.62. The second-order valence-electron chi connectivity index (χ2n) is 14.5. The molecular formula is C35H56O7. The number of hydrogen-bond donors (Lipinski definition) is 1. The fraction of sp³-hybridized carbons (Fsp3) is 0.829. The summed E-state index contributed by atoms with van der Waals surface area (Å²) in [6, 6.07) is 0. The molecule has 0 amide bonds. The molecule has 0 heterocycles. The first-order valence-corrected chi connectivity index (χ1v) is 16.5. The van der Waals surface area contributed by atoms with Crippen LogP contribution >= 0.6 is 0 Å². The summed E-state index contributed by atoms with van der Waals surface area (Å²) >= 11 is 0. The molecule has 238 valence electrons. The van der Waals surface area contributed by atoms with E-state index in [4.69, 9.17) is 18.9 Å². The van der Waals surface area contributed by atoms with Gasteiger partial charge in [-0.25, -0.2) is 9.59 Å². The highest BCUT2D eigenvalue weighted by Gasteiger charge is 2.60. The minimum atomic E-state index is -0.717. The Labute approximate surface area is 253 Å². The molecule has 4 aliphatic carbocycles. The molecule has 4 rings (SSSR count). The van der Waals surface area contributed by atoms with E-state index < -0.39 is 24.5 Å². The smallest absolute Gasteiger partial charge is 0.438 e. The second kappa shape index (κ2) is 13.3. The van der Waals surface area contributed by atoms with Crippen molar-refractivity contribution < 1.29 is 33.6 Å². The number of rotatable bonds is 10. The molecule has 0 aliphatic heterocycles. The van der Waals surface area contributed by atoms with E-state index in [1.54, 1.807) is 0 Å². The van der Waals surface area contributed by atoms with Crippen LogP contribution in [0.15, 0.2) is 23.3 Å². The van der Waals surface area contributed by atoms with Crippen LogP contribution in [0, 0.1) is 46.3 Å². The average Bonchev–Trinajstić information content (AvgIpc) is 3.32. The largest absolute Gasteiger partial charge is 0.508 e. The van der Waals surface area contributed by atoms with Crippen LogP contribution in [-0.4, -0.2) is 49.9 Å². The number of aliphatic hydroxyl groups excluding tert-OH is 1. The van der Waals surface area contributed by atoms with Crippen LogP contribution < -0.4 is 0 Å². The zero-order valence-electron chi connectivity index (χ0n) is 27.3. The van der Waals surface area contributed by atoms with Crippen molar-refractivity contribution in [1.29, 1.82) is 0 Å². The first-order valence-electron chi connectivity index (χ1n) is 16.5. The van der Waals surface area contributed by atoms with E-state index in [0.717, 1.165) is 19.3 Å². The SMILES string of the molecule is CCCC[C@H](C[C@H](O)C(C)C)[C@@H](C)[C@H]1CC[C@H]2C3=CC=C4C[C@@H](OC(=O)OC)C[C@H](OC(=O)OC)[C@]4(C)[C@H]3CC[C@]12C. The van der Waals surface area contributed by atoms with Crippen molar-refractivity contribution in [3.63, 3.8) is 0 Å². The Morgan fingerprint density at radius 2 is 1.69 bits per heavy atom. The number of aliphatic hydroxyl groups is 1. The van der Waals surface area contributed by atoms with Crippen LogP contribution in [0.1, 0.15) is 106 Å². The summed E-state index contributed by atoms with van der Waals surface area (Å²) < 4.78 is 21.2. The van der Waals surface area contributed by atoms with Crippen molar-refractivity contribution in [2.24, 2.45) is 46.3 Å². The Kier molecular flexibility index (Phi) is 10.4. The number of carbonyl (C=O) groups excluding carboxylic acids is 2. The number of allylic oxidation sites excluding steroid dienone is 3. The number of fused-ring (bicyclic) bond motifs is 5. The van der Waals surface area contributed by atoms with E-state index in [2.05, 4.69) is 53.7 Å². The van der Waals surface area contributed by atoms with E-state index in [0.29, 0.717) is 36.5 Å². The van der Waals surface area contributed by atoms with Gasteiger partial charge in [0.25, 0.3) is 0 Å². The van der Waals surface area contributed by atoms with Gasteiger partial charge in [-0.1, -0.05) is 84.1 Å². The van der Waals surface area contributed by atoms with Crippen LogP contribution in [0.25, 0.3) is 0 Å². The summed E-state index contributed by atoms with van der Waals surface area (Å²) in [5.41, 5.74) is 2.49. The summed E-state index contributed by atoms with van der Waals surface area (Å²) in [5.74, 6) is 2.75. The van der Waals surface area contributed by atoms with E-state index in [1.165, 1.54) is 57.5 Å². The normalized spacial score (nSPS) is 35.9. The van der Waals surface area contributed by atoms with Crippen LogP contribution in [-0.2, 0) is 18.9 Å². The molecule has 0 aromatic rings. The zero-order chi connectivity index (χ0) is 30.8. The molecule has 10 atom stereocenters. The van der Waals surface area contributed by atoms with Crippen molar-refractivity contribution in [2.75, 3.05) is 14.2 Å². The predicted molar refractivity (Wildman–Crippen MR) is 163 cm³/mol. The van der Waals surface area contributed by atoms with Gasteiger partial charge in [0.2, 0.25) is 0 Å². The molecule has 0 radical (unpaired) electrons. The quantitative estimate of drug-likeness (QED) is 0.257. The van der Waals surface area contributed by atoms with Crippen molar-refractivity contribution >= 4 is 12.3 Å². The van der Waals surface area contributed by atoms with E-state index in [9.17, 15) is 14.7 Å². The third-order valence-electron chi connectivity index (χ3n) is 12.1. The third-order valence-corrected chi connectivity index (χ3v) is 12.1. The van der Waals surface area contributed by atoms with Gasteiger partial charge in [-0.2, -0.15) is 0 Å². The summed E-state index contributed by atoms with van der Waals surface area (Å²) in [5, 5.41) is 10.9. The van der Waals surface area contributed by atoms with Crippen molar-refractivity contribution in [3.05, 3.63) is 23.3 Å². The molecule has 7 heteroatoms. The Bertz CT molecular complexity index is 1030. The fourth-order valence-electron chi connectivity index (χ4n) is 9.49. The molecule has 0 bridgehead atoms. The fourth-order valence-corrected chi connectivity index (χ4v) is 9.49. The molecule has 0 aromatic heterocycles. The summed E-state index contributed by atoms with van der Waals surface area (Å²) in [4.78, 5) is 24.4. The Hall–Kier alpha value is -2.02. The van der Waals surface area contributed by atoms with E-state index in [-0.39, 0.29) is 28.8 Å². The molecule has 1 N–H and O–H groups in total. The lowest BCUT2D eigenvalue weighted by Gasteiger charge is -2.57. The molecule has 7 nitrogen and oxygen atoms in total. The summed E-state index contributed by atoms with van der Waals surface area (Å²) in [6.07, 6.45) is 12.1. The number of unbranched alkanes of at least 4 members (excludes halogenated alkanes) is 1. The number of carbonyl (C=O) groups is 2. The molecule has 0 aromatic carbocycles. The molecular weight excluding hydrogens is 532 g/mol. The summed E-state index contributed by atoms with van der Waals surface area (Å²) in [7, 11) is 2.64. The van der Waals surface area contributed by atoms with Gasteiger partial charge >= 0.3 is 12.3 Å². The third kappa shape index (κ3) is 6.14. The molecule has 3 fully saturated rings. The molecule has 42 heavy (non-hydrogen) atoms. The van der Waals surface area contributed by atoms with Crippen molar-refractivity contribution in [2.45, 2.75) is 124 Å². The Morgan fingerprint density at radius 1 is 1.00 bits per heavy atom. The molecule has 0 unspecified atom stereocenters. The summed E-state index contributed by atoms with van der Waals surface area (Å²) in [6.45, 7) is 13.8. The predicted octanol–water partition coefficient (Wildman–Crippen LogP) is 8.25. The van der Waals surface area contributed by atoms with Crippen molar-refractivity contribution in [1.82, 2.24) is 0 Å². The maximum Gasteiger partial charge on any atom is 0.508 e. The van der Waals surface area contributed by atoms with E-state index in [1.807, 2.05) is 0 Å². The molecule has 4 aliphatic rings. The van der Waals surface area contributed by atoms with Gasteiger partial charge in [0, 0.05) is 18.3 Å². The van der Waals surface area contributed by atoms with Crippen LogP contribution in [0.5, 0.6) is 0 Å². The van der Waals surface area contributed by atoms with Crippen LogP contribution in [0.4, 0.5) is 9.59 Å². The lowest BCUT2D eigenvalue weighted by Crippen LogP contribution is -2.54. The maximum atomic E-state index is 12.4. The van der Waals surface area contributed by atoms with Gasteiger partial charge in [-0.05, 0) is 73.0 Å². The van der Waals surface area contributed by atoms with Gasteiger partial charge in [0.1, 0.15) is 12.2 Å². The Morgan fingerprint density at radius 3 is 2.33 bits per heavy atom. The first kappa shape index (κ1) is 32.9. The highest BCUT2D eigenvalue weighted by molar-refractivity contribution is 5.61. The van der Waals surface area contributed by atoms with Gasteiger partial charge in [0.05, 0.1) is 20.3 Å². The lowest BCUT2D eigenvalue weighted by atomic mass is 9.49.